The monoisotopic (exact) mass is 458 g/mol. The molecule has 0 radical (unpaired) electrons. The SMILES string of the molecule is C=C[C@H]1C[N@+]2(CC(=O)Nc3ccc(OC)cc3)CC[C@H]1C[C@@H]2[C@@H](O)c1ccnc2ccccc12. The average molecular weight is 459 g/mol. The van der Waals surface area contributed by atoms with Crippen LogP contribution in [0.2, 0.25) is 0 Å². The Bertz CT molecular complexity index is 1190. The minimum Gasteiger partial charge on any atom is -0.497 e. The molecule has 1 aromatic heterocycles. The molecular weight excluding hydrogens is 426 g/mol. The Labute approximate surface area is 200 Å². The van der Waals surface area contributed by atoms with E-state index in [1.54, 1.807) is 13.3 Å². The fourth-order valence-electron chi connectivity index (χ4n) is 6.13. The van der Waals surface area contributed by atoms with Crippen molar-refractivity contribution in [1.29, 1.82) is 0 Å². The number of nitrogens with one attached hydrogen (secondary N) is 1. The van der Waals surface area contributed by atoms with Crippen LogP contribution in [0, 0.1) is 11.8 Å². The standard InChI is InChI=1S/C28H31N3O3/c1-3-19-17-31(18-27(32)30-21-8-10-22(34-2)11-9-21)15-13-20(19)16-26(31)28(33)24-12-14-29-25-7-5-4-6-23(24)25/h3-12,14,19-20,26,28,33H,1,13,15-18H2,2H3/p+1/t19-,20-,26+,28-,31-/m0/s1. The van der Waals surface area contributed by atoms with Crippen LogP contribution in [0.1, 0.15) is 24.5 Å². The van der Waals surface area contributed by atoms with Crippen molar-refractivity contribution in [2.75, 3.05) is 32.1 Å². The molecule has 3 saturated heterocycles. The normalized spacial score (nSPS) is 26.7. The minimum atomic E-state index is -0.671. The number of ether oxygens (including phenoxy) is 1. The first-order valence-corrected chi connectivity index (χ1v) is 12.0. The zero-order valence-corrected chi connectivity index (χ0v) is 19.6. The zero-order chi connectivity index (χ0) is 23.7. The fourth-order valence-corrected chi connectivity index (χ4v) is 6.13. The quantitative estimate of drug-likeness (QED) is 0.408. The number of fused-ring (bicyclic) bond motifs is 4. The molecule has 3 aliphatic rings. The highest BCUT2D eigenvalue weighted by molar-refractivity contribution is 5.91. The predicted molar refractivity (Wildman–Crippen MR) is 133 cm³/mol. The van der Waals surface area contributed by atoms with Crippen molar-refractivity contribution in [3.63, 3.8) is 0 Å². The summed E-state index contributed by atoms with van der Waals surface area (Å²) in [5.41, 5.74) is 2.52. The molecule has 3 aromatic rings. The van der Waals surface area contributed by atoms with Crippen LogP contribution in [0.5, 0.6) is 5.75 Å². The summed E-state index contributed by atoms with van der Waals surface area (Å²) >= 11 is 0. The van der Waals surface area contributed by atoms with Gasteiger partial charge in [0.15, 0.2) is 6.54 Å². The Balaban J connectivity index is 1.44. The number of para-hydroxylation sites is 1. The van der Waals surface area contributed by atoms with Crippen LogP contribution in [0.4, 0.5) is 5.69 Å². The van der Waals surface area contributed by atoms with Crippen molar-refractivity contribution in [3.8, 4) is 5.75 Å². The third kappa shape index (κ3) is 4.08. The number of nitrogens with zero attached hydrogens (tertiary/aromatic N) is 2. The Kier molecular flexibility index (Phi) is 6.11. The van der Waals surface area contributed by atoms with Crippen LogP contribution < -0.4 is 10.1 Å². The molecule has 0 aliphatic carbocycles. The number of benzene rings is 2. The number of rotatable bonds is 7. The van der Waals surface area contributed by atoms with Gasteiger partial charge in [0.2, 0.25) is 0 Å². The number of aromatic nitrogens is 1. The highest BCUT2D eigenvalue weighted by atomic mass is 16.5. The highest BCUT2D eigenvalue weighted by Gasteiger charge is 2.54. The smallest absolute Gasteiger partial charge is 0.279 e. The Morgan fingerprint density at radius 1 is 1.26 bits per heavy atom. The second-order valence-electron chi connectivity index (χ2n) is 9.67. The summed E-state index contributed by atoms with van der Waals surface area (Å²) in [5, 5.41) is 15.8. The van der Waals surface area contributed by atoms with Crippen LogP contribution in [0.15, 0.2) is 73.4 Å². The lowest BCUT2D eigenvalue weighted by Gasteiger charge is -2.57. The summed E-state index contributed by atoms with van der Waals surface area (Å²) in [7, 11) is 1.62. The molecule has 2 N–H and O–H groups in total. The van der Waals surface area contributed by atoms with Crippen LogP contribution in [-0.2, 0) is 4.79 Å². The Morgan fingerprint density at radius 2 is 2.06 bits per heavy atom. The summed E-state index contributed by atoms with van der Waals surface area (Å²) < 4.78 is 5.79. The largest absolute Gasteiger partial charge is 0.497 e. The zero-order valence-electron chi connectivity index (χ0n) is 19.6. The number of aliphatic hydroxyl groups excluding tert-OH is 1. The maximum Gasteiger partial charge on any atom is 0.279 e. The molecule has 0 saturated carbocycles. The molecule has 2 aromatic carbocycles. The number of amides is 1. The highest BCUT2D eigenvalue weighted by Crippen LogP contribution is 2.47. The van der Waals surface area contributed by atoms with Crippen LogP contribution >= 0.6 is 0 Å². The predicted octanol–water partition coefficient (Wildman–Crippen LogP) is 4.33. The first kappa shape index (κ1) is 22.6. The summed E-state index contributed by atoms with van der Waals surface area (Å²) in [4.78, 5) is 17.7. The molecule has 0 unspecified atom stereocenters. The second-order valence-corrected chi connectivity index (χ2v) is 9.67. The molecule has 0 spiro atoms. The van der Waals surface area contributed by atoms with E-state index in [9.17, 15) is 9.90 Å². The number of carbonyl (C=O) groups is 1. The van der Waals surface area contributed by atoms with Crippen LogP contribution in [0.25, 0.3) is 10.9 Å². The van der Waals surface area contributed by atoms with E-state index >= 15 is 0 Å². The van der Waals surface area contributed by atoms with Gasteiger partial charge in [0, 0.05) is 36.0 Å². The molecule has 176 valence electrons. The minimum absolute atomic E-state index is 0.0369. The lowest BCUT2D eigenvalue weighted by molar-refractivity contribution is -0.966. The van der Waals surface area contributed by atoms with Crippen molar-refractivity contribution in [1.82, 2.24) is 4.98 Å². The van der Waals surface area contributed by atoms with E-state index in [4.69, 9.17) is 4.74 Å². The molecule has 6 nitrogen and oxygen atoms in total. The average Bonchev–Trinajstić information content (AvgIpc) is 2.88. The van der Waals surface area contributed by atoms with Crippen LogP contribution in [0.3, 0.4) is 0 Å². The van der Waals surface area contributed by atoms with E-state index < -0.39 is 6.10 Å². The maximum absolute atomic E-state index is 13.3. The summed E-state index contributed by atoms with van der Waals surface area (Å²) in [6.45, 7) is 6.11. The van der Waals surface area contributed by atoms with Gasteiger partial charge in [-0.25, -0.2) is 0 Å². The van der Waals surface area contributed by atoms with Gasteiger partial charge in [0.1, 0.15) is 17.9 Å². The molecule has 1 amide bonds. The topological polar surface area (TPSA) is 71.5 Å². The van der Waals surface area contributed by atoms with Gasteiger partial charge in [-0.15, -0.1) is 6.58 Å². The Morgan fingerprint density at radius 3 is 2.82 bits per heavy atom. The third-order valence-electron chi connectivity index (χ3n) is 7.87. The van der Waals surface area contributed by atoms with E-state index in [2.05, 4.69) is 16.9 Å². The van der Waals surface area contributed by atoms with Gasteiger partial charge >= 0.3 is 0 Å². The number of methoxy groups -OCH3 is 1. The lowest BCUT2D eigenvalue weighted by Crippen LogP contribution is -2.69. The molecule has 2 bridgehead atoms. The molecule has 4 heterocycles. The van der Waals surface area contributed by atoms with Gasteiger partial charge in [-0.05, 0) is 47.9 Å². The summed E-state index contributed by atoms with van der Waals surface area (Å²) in [5.74, 6) is 1.57. The third-order valence-corrected chi connectivity index (χ3v) is 7.87. The first-order valence-electron chi connectivity index (χ1n) is 12.0. The number of piperidine rings is 3. The van der Waals surface area contributed by atoms with Crippen molar-refractivity contribution in [2.45, 2.75) is 25.0 Å². The van der Waals surface area contributed by atoms with Crippen molar-refractivity contribution < 1.29 is 19.1 Å². The van der Waals surface area contributed by atoms with Gasteiger partial charge in [0.25, 0.3) is 5.91 Å². The molecule has 3 aliphatic heterocycles. The van der Waals surface area contributed by atoms with E-state index in [1.165, 1.54) is 0 Å². The molecule has 6 rings (SSSR count). The van der Waals surface area contributed by atoms with Gasteiger partial charge < -0.3 is 19.6 Å². The van der Waals surface area contributed by atoms with E-state index in [-0.39, 0.29) is 11.9 Å². The molecule has 6 heteroatoms. The number of hydrogen-bond donors (Lipinski definition) is 2. The van der Waals surface area contributed by atoms with E-state index in [0.29, 0.717) is 22.9 Å². The maximum atomic E-state index is 13.3. The molecule has 34 heavy (non-hydrogen) atoms. The van der Waals surface area contributed by atoms with Crippen molar-refractivity contribution in [2.24, 2.45) is 11.8 Å². The number of aliphatic hydroxyl groups is 1. The second kappa shape index (κ2) is 9.20. The Hall–Kier alpha value is -3.22. The first-order chi connectivity index (χ1) is 16.5. The van der Waals surface area contributed by atoms with Crippen molar-refractivity contribution >= 4 is 22.5 Å². The number of quaternary nitrogens is 1. The molecule has 5 atom stereocenters. The number of hydrogen-bond acceptors (Lipinski definition) is 4. The van der Waals surface area contributed by atoms with Gasteiger partial charge in [-0.3, -0.25) is 9.78 Å². The van der Waals surface area contributed by atoms with Crippen molar-refractivity contribution in [3.05, 3.63) is 79.0 Å². The number of carbonyl (C=O) groups excluding carboxylic acids is 1. The summed E-state index contributed by atoms with van der Waals surface area (Å²) in [6, 6.07) is 17.2. The van der Waals surface area contributed by atoms with E-state index in [1.807, 2.05) is 60.7 Å². The van der Waals surface area contributed by atoms with Gasteiger partial charge in [-0.1, -0.05) is 24.3 Å². The molecular formula is C28H32N3O3+. The fraction of sp³-hybridized carbons (Fsp3) is 0.357. The van der Waals surface area contributed by atoms with Gasteiger partial charge in [-0.2, -0.15) is 0 Å². The van der Waals surface area contributed by atoms with Gasteiger partial charge in [0.05, 0.1) is 25.7 Å². The molecule has 3 fully saturated rings. The number of anilines is 1. The lowest BCUT2D eigenvalue weighted by atomic mass is 9.71. The van der Waals surface area contributed by atoms with Crippen LogP contribution in [-0.4, -0.2) is 53.3 Å². The van der Waals surface area contributed by atoms with E-state index in [0.717, 1.165) is 53.8 Å². The number of pyridine rings is 1. The summed E-state index contributed by atoms with van der Waals surface area (Å²) in [6.07, 6.45) is 5.07.